The number of likely N-dealkylation sites (tertiary alicyclic amines) is 1. The fourth-order valence-corrected chi connectivity index (χ4v) is 2.62. The lowest BCUT2D eigenvalue weighted by Crippen LogP contribution is -2.44. The molecule has 1 aliphatic heterocycles. The second-order valence-electron chi connectivity index (χ2n) is 4.56. The minimum atomic E-state index is -0.185. The van der Waals surface area contributed by atoms with Crippen LogP contribution in [0.25, 0.3) is 0 Å². The topological polar surface area (TPSA) is 35.5 Å². The van der Waals surface area contributed by atoms with Gasteiger partial charge < -0.3 is 15.3 Å². The maximum absolute atomic E-state index is 9.56. The van der Waals surface area contributed by atoms with Gasteiger partial charge in [0.25, 0.3) is 0 Å². The molecule has 16 heavy (non-hydrogen) atoms. The van der Waals surface area contributed by atoms with Gasteiger partial charge in [0, 0.05) is 23.2 Å². The molecule has 3 nitrogen and oxygen atoms in total. The molecular weight excluding hydrogens is 268 g/mol. The number of hydrogen-bond acceptors (Lipinski definition) is 3. The average Bonchev–Trinajstić information content (AvgIpc) is 2.61. The highest BCUT2D eigenvalue weighted by Crippen LogP contribution is 2.26. The van der Waals surface area contributed by atoms with E-state index in [0.29, 0.717) is 0 Å². The standard InChI is InChI=1S/C12H17BrN2O/c1-15-6-5-12(8-15,9-16)14-11-4-2-3-10(13)7-11/h2-4,7,14,16H,5-6,8-9H2,1H3. The molecule has 0 aliphatic carbocycles. The van der Waals surface area contributed by atoms with Crippen LogP contribution in [0.4, 0.5) is 5.69 Å². The Morgan fingerprint density at radius 2 is 2.38 bits per heavy atom. The quantitative estimate of drug-likeness (QED) is 0.890. The Labute approximate surface area is 105 Å². The number of aliphatic hydroxyl groups is 1. The summed E-state index contributed by atoms with van der Waals surface area (Å²) >= 11 is 3.45. The van der Waals surface area contributed by atoms with Crippen LogP contribution in [0.5, 0.6) is 0 Å². The molecule has 0 bridgehead atoms. The first-order valence-corrected chi connectivity index (χ1v) is 6.26. The zero-order chi connectivity index (χ0) is 11.6. The van der Waals surface area contributed by atoms with Crippen molar-refractivity contribution >= 4 is 21.6 Å². The van der Waals surface area contributed by atoms with Crippen molar-refractivity contribution in [1.29, 1.82) is 0 Å². The third kappa shape index (κ3) is 2.56. The van der Waals surface area contributed by atoms with Crippen molar-refractivity contribution in [2.45, 2.75) is 12.0 Å². The molecule has 1 aliphatic rings. The highest BCUT2D eigenvalue weighted by molar-refractivity contribution is 9.10. The fourth-order valence-electron chi connectivity index (χ4n) is 2.22. The molecule has 0 spiro atoms. The molecular formula is C12H17BrN2O. The van der Waals surface area contributed by atoms with Crippen molar-refractivity contribution in [3.63, 3.8) is 0 Å². The number of halogens is 1. The van der Waals surface area contributed by atoms with Crippen molar-refractivity contribution in [2.24, 2.45) is 0 Å². The largest absolute Gasteiger partial charge is 0.394 e. The van der Waals surface area contributed by atoms with Crippen molar-refractivity contribution in [2.75, 3.05) is 32.1 Å². The molecule has 88 valence electrons. The molecule has 1 aromatic carbocycles. The molecule has 2 N–H and O–H groups in total. The first kappa shape index (κ1) is 11.9. The summed E-state index contributed by atoms with van der Waals surface area (Å²) in [5.41, 5.74) is 0.869. The average molecular weight is 285 g/mol. The number of hydrogen-bond donors (Lipinski definition) is 2. The number of benzene rings is 1. The molecule has 0 radical (unpaired) electrons. The van der Waals surface area contributed by atoms with Crippen LogP contribution in [0.1, 0.15) is 6.42 Å². The minimum absolute atomic E-state index is 0.170. The minimum Gasteiger partial charge on any atom is -0.394 e. The van der Waals surface area contributed by atoms with Crippen LogP contribution in [0.2, 0.25) is 0 Å². The summed E-state index contributed by atoms with van der Waals surface area (Å²) in [7, 11) is 2.08. The maximum atomic E-state index is 9.56. The van der Waals surface area contributed by atoms with Crippen LogP contribution in [-0.4, -0.2) is 42.3 Å². The zero-order valence-electron chi connectivity index (χ0n) is 9.41. The summed E-state index contributed by atoms with van der Waals surface area (Å²) in [6.45, 7) is 2.08. The summed E-state index contributed by atoms with van der Waals surface area (Å²) in [4.78, 5) is 2.24. The smallest absolute Gasteiger partial charge is 0.0742 e. The van der Waals surface area contributed by atoms with Crippen molar-refractivity contribution in [3.8, 4) is 0 Å². The Morgan fingerprint density at radius 3 is 2.94 bits per heavy atom. The van der Waals surface area contributed by atoms with Gasteiger partial charge in [-0.05, 0) is 31.7 Å². The molecule has 1 unspecified atom stereocenters. The van der Waals surface area contributed by atoms with E-state index in [0.717, 1.165) is 29.7 Å². The molecule has 1 heterocycles. The summed E-state index contributed by atoms with van der Waals surface area (Å²) < 4.78 is 1.05. The number of aliphatic hydroxyl groups excluding tert-OH is 1. The molecule has 1 aromatic rings. The molecule has 1 atom stereocenters. The summed E-state index contributed by atoms with van der Waals surface area (Å²) in [6, 6.07) is 8.06. The van der Waals surface area contributed by atoms with Gasteiger partial charge in [-0.2, -0.15) is 0 Å². The van der Waals surface area contributed by atoms with E-state index in [9.17, 15) is 5.11 Å². The van der Waals surface area contributed by atoms with Crippen LogP contribution in [-0.2, 0) is 0 Å². The lowest BCUT2D eigenvalue weighted by molar-refractivity contribution is 0.212. The summed E-state index contributed by atoms with van der Waals surface area (Å²) in [5, 5.41) is 13.0. The van der Waals surface area contributed by atoms with E-state index in [2.05, 4.69) is 33.2 Å². The molecule has 1 fully saturated rings. The predicted molar refractivity (Wildman–Crippen MR) is 69.7 cm³/mol. The Hall–Kier alpha value is -0.580. The zero-order valence-corrected chi connectivity index (χ0v) is 11.0. The third-order valence-corrected chi connectivity index (χ3v) is 3.57. The van der Waals surface area contributed by atoms with Gasteiger partial charge in [-0.1, -0.05) is 22.0 Å². The number of nitrogens with zero attached hydrogens (tertiary/aromatic N) is 1. The normalized spacial score (nSPS) is 25.9. The summed E-state index contributed by atoms with van der Waals surface area (Å²) in [5.74, 6) is 0. The predicted octanol–water partition coefficient (Wildman–Crippen LogP) is 1.93. The maximum Gasteiger partial charge on any atom is 0.0742 e. The van der Waals surface area contributed by atoms with E-state index in [-0.39, 0.29) is 12.1 Å². The van der Waals surface area contributed by atoms with Crippen LogP contribution in [0, 0.1) is 0 Å². The van der Waals surface area contributed by atoms with Gasteiger partial charge in [0.15, 0.2) is 0 Å². The van der Waals surface area contributed by atoms with E-state index in [1.165, 1.54) is 0 Å². The molecule has 0 saturated carbocycles. The van der Waals surface area contributed by atoms with Crippen molar-refractivity contribution in [3.05, 3.63) is 28.7 Å². The lowest BCUT2D eigenvalue weighted by Gasteiger charge is -2.29. The van der Waals surface area contributed by atoms with Crippen LogP contribution in [0.3, 0.4) is 0 Å². The van der Waals surface area contributed by atoms with Crippen LogP contribution in [0.15, 0.2) is 28.7 Å². The second kappa shape index (κ2) is 4.73. The number of nitrogens with one attached hydrogen (secondary N) is 1. The van der Waals surface area contributed by atoms with Gasteiger partial charge in [0.05, 0.1) is 12.1 Å². The molecule has 0 aromatic heterocycles. The highest BCUT2D eigenvalue weighted by Gasteiger charge is 2.35. The van der Waals surface area contributed by atoms with Crippen molar-refractivity contribution in [1.82, 2.24) is 4.90 Å². The Bertz CT molecular complexity index is 372. The molecule has 0 amide bonds. The van der Waals surface area contributed by atoms with Gasteiger partial charge in [-0.25, -0.2) is 0 Å². The number of likely N-dealkylation sites (N-methyl/N-ethyl adjacent to an activating group) is 1. The van der Waals surface area contributed by atoms with Crippen molar-refractivity contribution < 1.29 is 5.11 Å². The van der Waals surface area contributed by atoms with E-state index in [1.54, 1.807) is 0 Å². The molecule has 1 saturated heterocycles. The van der Waals surface area contributed by atoms with E-state index >= 15 is 0 Å². The third-order valence-electron chi connectivity index (χ3n) is 3.08. The van der Waals surface area contributed by atoms with Crippen LogP contribution >= 0.6 is 15.9 Å². The van der Waals surface area contributed by atoms with Gasteiger partial charge in [-0.15, -0.1) is 0 Å². The number of anilines is 1. The lowest BCUT2D eigenvalue weighted by atomic mass is 9.99. The van der Waals surface area contributed by atoms with E-state index < -0.39 is 0 Å². The van der Waals surface area contributed by atoms with Gasteiger partial charge in [0.1, 0.15) is 0 Å². The fraction of sp³-hybridized carbons (Fsp3) is 0.500. The SMILES string of the molecule is CN1CCC(CO)(Nc2cccc(Br)c2)C1. The van der Waals surface area contributed by atoms with E-state index in [1.807, 2.05) is 24.3 Å². The summed E-state index contributed by atoms with van der Waals surface area (Å²) in [6.07, 6.45) is 0.979. The Balaban J connectivity index is 2.13. The number of rotatable bonds is 3. The Kier molecular flexibility index (Phi) is 3.52. The molecule has 2 rings (SSSR count). The second-order valence-corrected chi connectivity index (χ2v) is 5.48. The first-order valence-electron chi connectivity index (χ1n) is 5.47. The van der Waals surface area contributed by atoms with Gasteiger partial charge >= 0.3 is 0 Å². The monoisotopic (exact) mass is 284 g/mol. The highest BCUT2D eigenvalue weighted by atomic mass is 79.9. The first-order chi connectivity index (χ1) is 7.63. The molecule has 4 heteroatoms. The van der Waals surface area contributed by atoms with Crippen LogP contribution < -0.4 is 5.32 Å². The van der Waals surface area contributed by atoms with Gasteiger partial charge in [-0.3, -0.25) is 0 Å². The van der Waals surface area contributed by atoms with Gasteiger partial charge in [0.2, 0.25) is 0 Å². The Morgan fingerprint density at radius 1 is 1.56 bits per heavy atom. The van der Waals surface area contributed by atoms with E-state index in [4.69, 9.17) is 0 Å².